The normalized spacial score (nSPS) is 10.0. The molecule has 0 atom stereocenters. The molecule has 0 spiro atoms. The minimum atomic E-state index is -0.220. The van der Waals surface area contributed by atoms with Crippen LogP contribution in [0.4, 0.5) is 17.2 Å². The van der Waals surface area contributed by atoms with E-state index in [1.807, 2.05) is 6.07 Å². The highest BCUT2D eigenvalue weighted by Gasteiger charge is 2.08. The Morgan fingerprint density at radius 2 is 2.00 bits per heavy atom. The molecule has 3 rings (SSSR count). The summed E-state index contributed by atoms with van der Waals surface area (Å²) >= 11 is 0. The second-order valence-corrected chi connectivity index (χ2v) is 5.19. The largest absolute Gasteiger partial charge is 0.497 e. The third-order valence-corrected chi connectivity index (χ3v) is 3.38. The highest BCUT2D eigenvalue weighted by atomic mass is 16.5. The summed E-state index contributed by atoms with van der Waals surface area (Å²) in [5.41, 5.74) is 1.44. The highest BCUT2D eigenvalue weighted by molar-refractivity contribution is 5.90. The summed E-state index contributed by atoms with van der Waals surface area (Å²) in [5, 5.41) is 18.9. The number of hydrogen-bond donors (Lipinski definition) is 2. The average molecular weight is 349 g/mol. The van der Waals surface area contributed by atoms with Gasteiger partial charge in [-0.25, -0.2) is 9.97 Å². The molecule has 1 amide bonds. The number of nitrogens with zero attached hydrogens (tertiary/aromatic N) is 5. The van der Waals surface area contributed by atoms with Gasteiger partial charge in [-0.15, -0.1) is 0 Å². The molecule has 0 aliphatic heterocycles. The van der Waals surface area contributed by atoms with Gasteiger partial charge in [0.15, 0.2) is 11.5 Å². The third kappa shape index (κ3) is 4.12. The molecular formula is C17H15N7O2. The van der Waals surface area contributed by atoms with Crippen LogP contribution in [0.1, 0.15) is 5.69 Å². The van der Waals surface area contributed by atoms with Crippen LogP contribution in [-0.4, -0.2) is 32.8 Å². The fraction of sp³-hybridized carbons (Fsp3) is 0.118. The number of carbonyl (C=O) groups is 1. The molecule has 2 heterocycles. The molecular weight excluding hydrogens is 334 g/mol. The first-order valence-corrected chi connectivity index (χ1v) is 7.62. The second kappa shape index (κ2) is 7.76. The van der Waals surface area contributed by atoms with Gasteiger partial charge in [0.05, 0.1) is 19.0 Å². The van der Waals surface area contributed by atoms with Gasteiger partial charge in [0, 0.05) is 24.3 Å². The lowest BCUT2D eigenvalue weighted by Crippen LogP contribution is -2.18. The number of hydrogen-bond acceptors (Lipinski definition) is 7. The van der Waals surface area contributed by atoms with Crippen LogP contribution in [0.5, 0.6) is 5.75 Å². The van der Waals surface area contributed by atoms with Gasteiger partial charge in [-0.1, -0.05) is 0 Å². The van der Waals surface area contributed by atoms with Crippen LogP contribution in [0.25, 0.3) is 0 Å². The minimum Gasteiger partial charge on any atom is -0.497 e. The molecule has 0 unspecified atom stereocenters. The Hall–Kier alpha value is -3.93. The zero-order valence-corrected chi connectivity index (χ0v) is 13.9. The van der Waals surface area contributed by atoms with Crippen molar-refractivity contribution in [2.24, 2.45) is 0 Å². The molecule has 0 bridgehead atoms. The number of rotatable bonds is 6. The number of aromatic nitrogens is 4. The van der Waals surface area contributed by atoms with E-state index >= 15 is 0 Å². The van der Waals surface area contributed by atoms with Crippen molar-refractivity contribution in [1.82, 2.24) is 19.7 Å². The predicted octanol–water partition coefficient (Wildman–Crippen LogP) is 1.94. The van der Waals surface area contributed by atoms with Crippen LogP contribution in [0.3, 0.4) is 0 Å². The van der Waals surface area contributed by atoms with E-state index in [1.165, 1.54) is 23.3 Å². The number of anilines is 3. The number of carbonyl (C=O) groups excluding carboxylic acids is 1. The Labute approximate surface area is 149 Å². The maximum Gasteiger partial charge on any atom is 0.246 e. The molecule has 0 radical (unpaired) electrons. The molecule has 0 aliphatic carbocycles. The molecule has 1 aromatic carbocycles. The number of benzene rings is 1. The van der Waals surface area contributed by atoms with Crippen LogP contribution in [0, 0.1) is 11.3 Å². The van der Waals surface area contributed by atoms with E-state index in [0.29, 0.717) is 22.9 Å². The van der Waals surface area contributed by atoms with Crippen molar-refractivity contribution in [3.05, 3.63) is 54.7 Å². The van der Waals surface area contributed by atoms with Gasteiger partial charge in [0.1, 0.15) is 18.4 Å². The van der Waals surface area contributed by atoms with Gasteiger partial charge >= 0.3 is 0 Å². The summed E-state index contributed by atoms with van der Waals surface area (Å²) < 4.78 is 6.55. The first-order valence-electron chi connectivity index (χ1n) is 7.62. The molecule has 0 fully saturated rings. The smallest absolute Gasteiger partial charge is 0.246 e. The van der Waals surface area contributed by atoms with E-state index in [1.54, 1.807) is 37.6 Å². The van der Waals surface area contributed by atoms with Crippen LogP contribution in [0.15, 0.2) is 49.1 Å². The maximum atomic E-state index is 12.1. The van der Waals surface area contributed by atoms with E-state index in [2.05, 4.69) is 25.7 Å². The number of nitriles is 1. The summed E-state index contributed by atoms with van der Waals surface area (Å²) in [4.78, 5) is 20.1. The van der Waals surface area contributed by atoms with Crippen molar-refractivity contribution < 1.29 is 9.53 Å². The molecule has 26 heavy (non-hydrogen) atoms. The Balaban J connectivity index is 1.60. The molecule has 2 aromatic heterocycles. The number of ether oxygens (including phenoxy) is 1. The fourth-order valence-corrected chi connectivity index (χ4v) is 2.18. The molecule has 0 aliphatic rings. The van der Waals surface area contributed by atoms with Crippen LogP contribution in [0.2, 0.25) is 0 Å². The molecule has 9 heteroatoms. The van der Waals surface area contributed by atoms with Crippen molar-refractivity contribution in [3.63, 3.8) is 0 Å². The SMILES string of the molecule is COc1ccc(NC(=O)Cn2cc(Nc3nccnc3C#N)cn2)cc1. The molecule has 9 nitrogen and oxygen atoms in total. The molecule has 130 valence electrons. The average Bonchev–Trinajstić information content (AvgIpc) is 3.09. The van der Waals surface area contributed by atoms with Crippen LogP contribution in [-0.2, 0) is 11.3 Å². The quantitative estimate of drug-likeness (QED) is 0.698. The zero-order chi connectivity index (χ0) is 18.4. The van der Waals surface area contributed by atoms with Gasteiger partial charge in [0.25, 0.3) is 0 Å². The van der Waals surface area contributed by atoms with Crippen molar-refractivity contribution in [2.75, 3.05) is 17.7 Å². The number of amides is 1. The standard InChI is InChI=1S/C17H15N7O2/c1-26-14-4-2-12(3-5-14)22-16(25)11-24-10-13(9-21-24)23-17-15(8-18)19-6-7-20-17/h2-7,9-10H,11H2,1H3,(H,20,23)(H,22,25). The first-order chi connectivity index (χ1) is 12.7. The third-order valence-electron chi connectivity index (χ3n) is 3.38. The Bertz CT molecular complexity index is 944. The van der Waals surface area contributed by atoms with E-state index < -0.39 is 0 Å². The predicted molar refractivity (Wildman–Crippen MR) is 93.9 cm³/mol. The summed E-state index contributed by atoms with van der Waals surface area (Å²) in [6, 6.07) is 8.99. The highest BCUT2D eigenvalue weighted by Crippen LogP contribution is 2.16. The van der Waals surface area contributed by atoms with Gasteiger partial charge in [-0.05, 0) is 24.3 Å². The van der Waals surface area contributed by atoms with Crippen molar-refractivity contribution in [3.8, 4) is 11.8 Å². The molecule has 3 aromatic rings. The minimum absolute atomic E-state index is 0.0410. The van der Waals surface area contributed by atoms with Crippen molar-refractivity contribution >= 4 is 23.1 Å². The molecule has 0 saturated heterocycles. The lowest BCUT2D eigenvalue weighted by molar-refractivity contribution is -0.116. The van der Waals surface area contributed by atoms with Gasteiger partial charge in [-0.2, -0.15) is 10.4 Å². The van der Waals surface area contributed by atoms with Crippen molar-refractivity contribution in [1.29, 1.82) is 5.26 Å². The lowest BCUT2D eigenvalue weighted by Gasteiger charge is -2.06. The number of nitrogens with one attached hydrogen (secondary N) is 2. The van der Waals surface area contributed by atoms with E-state index in [4.69, 9.17) is 10.00 Å². The van der Waals surface area contributed by atoms with Crippen molar-refractivity contribution in [2.45, 2.75) is 6.54 Å². The monoisotopic (exact) mass is 349 g/mol. The molecule has 2 N–H and O–H groups in total. The summed E-state index contributed by atoms with van der Waals surface area (Å²) in [5.74, 6) is 0.825. The zero-order valence-electron chi connectivity index (χ0n) is 13.9. The first kappa shape index (κ1) is 16.9. The molecule has 0 saturated carbocycles. The maximum absolute atomic E-state index is 12.1. The lowest BCUT2D eigenvalue weighted by atomic mass is 10.3. The van der Waals surface area contributed by atoms with E-state index in [9.17, 15) is 4.79 Å². The Kier molecular flexibility index (Phi) is 5.05. The fourth-order valence-electron chi connectivity index (χ4n) is 2.18. The summed E-state index contributed by atoms with van der Waals surface area (Å²) in [6.07, 6.45) is 6.10. The number of methoxy groups -OCH3 is 1. The Morgan fingerprint density at radius 1 is 1.23 bits per heavy atom. The topological polar surface area (TPSA) is 118 Å². The van der Waals surface area contributed by atoms with Gasteiger partial charge in [-0.3, -0.25) is 9.48 Å². The summed E-state index contributed by atoms with van der Waals surface area (Å²) in [6.45, 7) is 0.0410. The van der Waals surface area contributed by atoms with Gasteiger partial charge in [0.2, 0.25) is 5.91 Å². The van der Waals surface area contributed by atoms with Crippen LogP contribution >= 0.6 is 0 Å². The van der Waals surface area contributed by atoms with Crippen LogP contribution < -0.4 is 15.4 Å². The second-order valence-electron chi connectivity index (χ2n) is 5.19. The Morgan fingerprint density at radius 3 is 2.73 bits per heavy atom. The van der Waals surface area contributed by atoms with E-state index in [-0.39, 0.29) is 18.1 Å². The van der Waals surface area contributed by atoms with Gasteiger partial charge < -0.3 is 15.4 Å². The summed E-state index contributed by atoms with van der Waals surface area (Å²) in [7, 11) is 1.58. The van der Waals surface area contributed by atoms with E-state index in [0.717, 1.165) is 0 Å².